The fraction of sp³-hybridized carbons (Fsp3) is 0.571. The van der Waals surface area contributed by atoms with Crippen LogP contribution in [0, 0.1) is 5.41 Å². The summed E-state index contributed by atoms with van der Waals surface area (Å²) in [5, 5.41) is 7.37. The fourth-order valence-corrected chi connectivity index (χ4v) is 2.72. The molecule has 1 aromatic heterocycles. The van der Waals surface area contributed by atoms with Crippen LogP contribution in [-0.4, -0.2) is 47.9 Å². The van der Waals surface area contributed by atoms with E-state index < -0.39 is 0 Å². The molecule has 19 heavy (non-hydrogen) atoms. The minimum atomic E-state index is 0.0708. The molecule has 0 saturated carbocycles. The minimum absolute atomic E-state index is 0.0708. The molecule has 5 nitrogen and oxygen atoms in total. The summed E-state index contributed by atoms with van der Waals surface area (Å²) in [7, 11) is 0. The maximum absolute atomic E-state index is 7.37. The van der Waals surface area contributed by atoms with E-state index in [1.54, 1.807) is 6.20 Å². The molecule has 5 heteroatoms. The Morgan fingerprint density at radius 1 is 1.47 bits per heavy atom. The zero-order valence-electron chi connectivity index (χ0n) is 11.8. The summed E-state index contributed by atoms with van der Waals surface area (Å²) >= 11 is 0. The largest absolute Gasteiger partial charge is 0.384 e. The molecule has 0 aromatic carbocycles. The highest BCUT2D eigenvalue weighted by molar-refractivity contribution is 5.94. The Hall–Kier alpha value is -1.62. The molecule has 1 aromatic rings. The first-order valence-electron chi connectivity index (χ1n) is 6.95. The van der Waals surface area contributed by atoms with Gasteiger partial charge in [0.2, 0.25) is 0 Å². The summed E-state index contributed by atoms with van der Waals surface area (Å²) < 4.78 is 0. The number of anilines is 1. The van der Waals surface area contributed by atoms with Crippen LogP contribution >= 0.6 is 0 Å². The Morgan fingerprint density at radius 3 is 2.74 bits per heavy atom. The van der Waals surface area contributed by atoms with Crippen LogP contribution in [-0.2, 0) is 0 Å². The molecular formula is C14H23N5. The highest BCUT2D eigenvalue weighted by Crippen LogP contribution is 2.21. The van der Waals surface area contributed by atoms with Gasteiger partial charge in [0.1, 0.15) is 11.7 Å². The number of aromatic nitrogens is 1. The maximum Gasteiger partial charge on any atom is 0.128 e. The van der Waals surface area contributed by atoms with Crippen molar-refractivity contribution in [3.05, 3.63) is 23.9 Å². The Kier molecular flexibility index (Phi) is 4.37. The van der Waals surface area contributed by atoms with Gasteiger partial charge in [-0.25, -0.2) is 4.98 Å². The Bertz CT molecular complexity index is 424. The third-order valence-electron chi connectivity index (χ3n) is 3.88. The first-order chi connectivity index (χ1) is 9.15. The number of hydrogen-bond acceptors (Lipinski definition) is 4. The van der Waals surface area contributed by atoms with Crippen LogP contribution in [0.5, 0.6) is 0 Å². The summed E-state index contributed by atoms with van der Waals surface area (Å²) in [6.45, 7) is 8.72. The van der Waals surface area contributed by atoms with Crippen molar-refractivity contribution in [1.82, 2.24) is 9.88 Å². The van der Waals surface area contributed by atoms with E-state index in [9.17, 15) is 0 Å². The third-order valence-corrected chi connectivity index (χ3v) is 3.88. The van der Waals surface area contributed by atoms with E-state index in [-0.39, 0.29) is 5.84 Å². The number of nitrogens with one attached hydrogen (secondary N) is 1. The van der Waals surface area contributed by atoms with Crippen molar-refractivity contribution in [3.63, 3.8) is 0 Å². The van der Waals surface area contributed by atoms with Gasteiger partial charge in [0.15, 0.2) is 0 Å². The van der Waals surface area contributed by atoms with E-state index in [0.29, 0.717) is 11.6 Å². The number of nitrogens with zero attached hydrogens (tertiary/aromatic N) is 3. The summed E-state index contributed by atoms with van der Waals surface area (Å²) in [6.07, 6.45) is 2.88. The van der Waals surface area contributed by atoms with Gasteiger partial charge < -0.3 is 10.6 Å². The molecule has 1 aliphatic heterocycles. The highest BCUT2D eigenvalue weighted by Gasteiger charge is 2.26. The molecule has 1 aliphatic rings. The zero-order valence-corrected chi connectivity index (χ0v) is 11.8. The molecule has 3 N–H and O–H groups in total. The first-order valence-corrected chi connectivity index (χ1v) is 6.95. The third kappa shape index (κ3) is 3.04. The number of nitrogen functional groups attached to an aromatic ring is 1. The van der Waals surface area contributed by atoms with Gasteiger partial charge in [-0.1, -0.05) is 13.8 Å². The minimum Gasteiger partial charge on any atom is -0.384 e. The monoisotopic (exact) mass is 261 g/mol. The van der Waals surface area contributed by atoms with Gasteiger partial charge in [-0.05, 0) is 31.6 Å². The second-order valence-corrected chi connectivity index (χ2v) is 4.93. The van der Waals surface area contributed by atoms with Gasteiger partial charge in [0.25, 0.3) is 0 Å². The number of nitrogens with two attached hydrogens (primary N) is 1. The van der Waals surface area contributed by atoms with Crippen LogP contribution in [0.15, 0.2) is 18.3 Å². The average molecular weight is 261 g/mol. The lowest BCUT2D eigenvalue weighted by molar-refractivity contribution is 0.232. The molecule has 0 radical (unpaired) electrons. The first kappa shape index (κ1) is 13.8. The Morgan fingerprint density at radius 2 is 2.21 bits per heavy atom. The lowest BCUT2D eigenvalue weighted by Crippen LogP contribution is -2.37. The van der Waals surface area contributed by atoms with E-state index in [0.717, 1.165) is 32.0 Å². The average Bonchev–Trinajstić information content (AvgIpc) is 2.90. The predicted molar refractivity (Wildman–Crippen MR) is 78.8 cm³/mol. The predicted octanol–water partition coefficient (Wildman–Crippen LogP) is 1.29. The van der Waals surface area contributed by atoms with E-state index in [2.05, 4.69) is 28.6 Å². The molecule has 1 fully saturated rings. The number of rotatable bonds is 5. The number of pyridine rings is 1. The second kappa shape index (κ2) is 6.02. The van der Waals surface area contributed by atoms with Gasteiger partial charge in [-0.3, -0.25) is 10.3 Å². The lowest BCUT2D eigenvalue weighted by Gasteiger charge is -2.26. The topological polar surface area (TPSA) is 69.2 Å². The van der Waals surface area contributed by atoms with Gasteiger partial charge in [0, 0.05) is 30.9 Å². The fourth-order valence-electron chi connectivity index (χ4n) is 2.72. The number of hydrogen-bond donors (Lipinski definition) is 2. The molecule has 104 valence electrons. The molecule has 2 heterocycles. The van der Waals surface area contributed by atoms with Crippen molar-refractivity contribution in [3.8, 4) is 0 Å². The van der Waals surface area contributed by atoms with Gasteiger partial charge in [0.05, 0.1) is 0 Å². The van der Waals surface area contributed by atoms with E-state index in [1.165, 1.54) is 6.42 Å². The van der Waals surface area contributed by atoms with E-state index in [1.807, 2.05) is 12.1 Å². The highest BCUT2D eigenvalue weighted by atomic mass is 15.3. The van der Waals surface area contributed by atoms with Crippen molar-refractivity contribution in [1.29, 1.82) is 5.41 Å². The summed E-state index contributed by atoms with van der Waals surface area (Å²) in [5.41, 5.74) is 6.12. The molecule has 0 amide bonds. The van der Waals surface area contributed by atoms with Crippen molar-refractivity contribution in [2.75, 3.05) is 31.1 Å². The Labute approximate surface area is 114 Å². The normalized spacial score (nSPS) is 19.1. The van der Waals surface area contributed by atoms with Gasteiger partial charge in [-0.15, -0.1) is 0 Å². The zero-order chi connectivity index (χ0) is 13.8. The standard InChI is InChI=1S/C14H23N5/c1-3-18(4-2)12-7-8-19(10-12)13-6-5-11(9-17-13)14(15)16/h5-6,9,12H,3-4,7-8,10H2,1-2H3,(H3,15,16). The van der Waals surface area contributed by atoms with Crippen molar-refractivity contribution in [2.45, 2.75) is 26.3 Å². The number of likely N-dealkylation sites (N-methyl/N-ethyl adjacent to an activating group) is 1. The van der Waals surface area contributed by atoms with Crippen LogP contribution in [0.3, 0.4) is 0 Å². The molecule has 1 atom stereocenters. The smallest absolute Gasteiger partial charge is 0.128 e. The Balaban J connectivity index is 2.02. The van der Waals surface area contributed by atoms with E-state index in [4.69, 9.17) is 11.1 Å². The molecule has 2 rings (SSSR count). The molecule has 1 saturated heterocycles. The van der Waals surface area contributed by atoms with Crippen LogP contribution in [0.25, 0.3) is 0 Å². The maximum atomic E-state index is 7.37. The van der Waals surface area contributed by atoms with Gasteiger partial charge >= 0.3 is 0 Å². The van der Waals surface area contributed by atoms with Crippen LogP contribution in [0.1, 0.15) is 25.8 Å². The summed E-state index contributed by atoms with van der Waals surface area (Å²) in [5.74, 6) is 1.06. The summed E-state index contributed by atoms with van der Waals surface area (Å²) in [6, 6.07) is 4.46. The van der Waals surface area contributed by atoms with Crippen LogP contribution in [0.2, 0.25) is 0 Å². The lowest BCUT2D eigenvalue weighted by atomic mass is 10.2. The molecule has 0 bridgehead atoms. The second-order valence-electron chi connectivity index (χ2n) is 4.93. The molecule has 0 aliphatic carbocycles. The van der Waals surface area contributed by atoms with Crippen LogP contribution < -0.4 is 10.6 Å². The summed E-state index contributed by atoms with van der Waals surface area (Å²) in [4.78, 5) is 9.23. The number of amidine groups is 1. The SMILES string of the molecule is CCN(CC)C1CCN(c2ccc(C(=N)N)cn2)C1. The van der Waals surface area contributed by atoms with Crippen LogP contribution in [0.4, 0.5) is 5.82 Å². The quantitative estimate of drug-likeness (QED) is 0.619. The molecular weight excluding hydrogens is 238 g/mol. The van der Waals surface area contributed by atoms with E-state index >= 15 is 0 Å². The van der Waals surface area contributed by atoms with Gasteiger partial charge in [-0.2, -0.15) is 0 Å². The van der Waals surface area contributed by atoms with Crippen molar-refractivity contribution >= 4 is 11.7 Å². The molecule has 0 spiro atoms. The van der Waals surface area contributed by atoms with Crippen molar-refractivity contribution in [2.24, 2.45) is 5.73 Å². The van der Waals surface area contributed by atoms with Crippen molar-refractivity contribution < 1.29 is 0 Å². The molecule has 1 unspecified atom stereocenters.